The number of hydrogen-bond acceptors (Lipinski definition) is 17. The molecule has 0 radical (unpaired) electrons. The Morgan fingerprint density at radius 3 is 1.60 bits per heavy atom. The summed E-state index contributed by atoms with van der Waals surface area (Å²) in [5.74, 6) is 1.14. The summed E-state index contributed by atoms with van der Waals surface area (Å²) < 4.78 is 10.7. The monoisotopic (exact) mass is 623 g/mol. The number of H-pyrrole nitrogens is 1. The summed E-state index contributed by atoms with van der Waals surface area (Å²) in [5.41, 5.74) is 12.8. The van der Waals surface area contributed by atoms with Crippen LogP contribution in [0.3, 0.4) is 0 Å². The van der Waals surface area contributed by atoms with E-state index < -0.39 is 16.5 Å². The van der Waals surface area contributed by atoms with Gasteiger partial charge in [-0.1, -0.05) is 41.5 Å². The lowest BCUT2D eigenvalue weighted by Crippen LogP contribution is -2.22. The first-order valence-corrected chi connectivity index (χ1v) is 14.4. The van der Waals surface area contributed by atoms with Gasteiger partial charge < -0.3 is 11.5 Å². The Balaban J connectivity index is 1.62. The van der Waals surface area contributed by atoms with E-state index in [2.05, 4.69) is 64.3 Å². The molecule has 0 bridgehead atoms. The fraction of sp³-hybridized carbons (Fsp3) is 0.435. The van der Waals surface area contributed by atoms with E-state index in [1.165, 1.54) is 9.36 Å². The van der Waals surface area contributed by atoms with Crippen molar-refractivity contribution in [2.75, 3.05) is 11.5 Å². The maximum absolute atomic E-state index is 12.8. The molecular weight excluding hydrogens is 595 g/mol. The van der Waals surface area contributed by atoms with E-state index in [1.54, 1.807) is 13.8 Å². The van der Waals surface area contributed by atoms with E-state index in [0.717, 1.165) is 23.1 Å². The largest absolute Gasteiger partial charge is 0.382 e. The third kappa shape index (κ3) is 6.04. The fourth-order valence-corrected chi connectivity index (χ4v) is 4.77. The number of nitrogen functional groups attached to an aromatic ring is 2. The maximum Gasteiger partial charge on any atom is 0.351 e. The number of nitrogens with two attached hydrogens (primary N) is 2. The van der Waals surface area contributed by atoms with Crippen LogP contribution in [0.25, 0.3) is 11.9 Å². The van der Waals surface area contributed by atoms with Crippen LogP contribution in [-0.2, 0) is 10.8 Å². The molecule has 43 heavy (non-hydrogen) atoms. The van der Waals surface area contributed by atoms with Gasteiger partial charge in [0, 0.05) is 33.9 Å². The summed E-state index contributed by atoms with van der Waals surface area (Å²) in [5, 5.41) is 27.0. The van der Waals surface area contributed by atoms with E-state index in [4.69, 9.17) is 11.5 Å². The van der Waals surface area contributed by atoms with Crippen molar-refractivity contribution in [1.29, 1.82) is 0 Å². The quantitative estimate of drug-likeness (QED) is 0.223. The van der Waals surface area contributed by atoms with Gasteiger partial charge in [0.15, 0.2) is 23.0 Å². The van der Waals surface area contributed by atoms with Crippen molar-refractivity contribution in [3.05, 3.63) is 33.5 Å². The third-order valence-corrected chi connectivity index (χ3v) is 7.12. The van der Waals surface area contributed by atoms with Crippen molar-refractivity contribution in [3.8, 4) is 11.9 Å². The van der Waals surface area contributed by atoms with Gasteiger partial charge in [0.05, 0.1) is 11.4 Å². The van der Waals surface area contributed by atoms with Gasteiger partial charge in [-0.2, -0.15) is 38.3 Å². The normalized spacial score (nSPS) is 12.7. The molecular formula is C23H29N17OS2. The molecule has 0 aliphatic heterocycles. The molecule has 5 heterocycles. The minimum atomic E-state index is -0.737. The molecule has 0 aliphatic carbocycles. The SMILES string of the molecule is Cc1nsc(N=Nc2c(C(C)(C)C)nn(-c3nc(-n4nc(C(C)(C)C)c(N=Nc5nc(C)ns5)c4N)[nH]c(=O)n3)c2N)n1. The van der Waals surface area contributed by atoms with Crippen LogP contribution >= 0.6 is 23.1 Å². The molecule has 0 fully saturated rings. The predicted molar refractivity (Wildman–Crippen MR) is 161 cm³/mol. The van der Waals surface area contributed by atoms with Gasteiger partial charge in [-0.15, -0.1) is 20.5 Å². The third-order valence-electron chi connectivity index (χ3n) is 5.73. The second kappa shape index (κ2) is 10.8. The van der Waals surface area contributed by atoms with Crippen LogP contribution in [0, 0.1) is 13.8 Å². The Morgan fingerprint density at radius 1 is 0.698 bits per heavy atom. The van der Waals surface area contributed by atoms with Crippen LogP contribution in [0.5, 0.6) is 0 Å². The second-order valence-electron chi connectivity index (χ2n) is 11.4. The van der Waals surface area contributed by atoms with Gasteiger partial charge in [0.2, 0.25) is 16.2 Å². The van der Waals surface area contributed by atoms with Crippen molar-refractivity contribution in [2.24, 2.45) is 20.5 Å². The van der Waals surface area contributed by atoms with E-state index in [-0.39, 0.29) is 29.2 Å². The maximum atomic E-state index is 12.8. The zero-order chi connectivity index (χ0) is 31.3. The summed E-state index contributed by atoms with van der Waals surface area (Å²) in [7, 11) is 0. The second-order valence-corrected chi connectivity index (χ2v) is 12.9. The highest BCUT2D eigenvalue weighted by Crippen LogP contribution is 2.39. The lowest BCUT2D eigenvalue weighted by molar-refractivity contribution is 0.555. The molecule has 0 aromatic carbocycles. The first-order valence-electron chi connectivity index (χ1n) is 12.8. The molecule has 5 N–H and O–H groups in total. The highest BCUT2D eigenvalue weighted by atomic mass is 32.1. The Bertz CT molecular complexity index is 1790. The molecule has 0 spiro atoms. The van der Waals surface area contributed by atoms with Crippen molar-refractivity contribution in [2.45, 2.75) is 66.2 Å². The van der Waals surface area contributed by atoms with E-state index in [1.807, 2.05) is 41.5 Å². The van der Waals surface area contributed by atoms with Gasteiger partial charge in [-0.05, 0) is 13.8 Å². The number of nitrogens with zero attached hydrogens (tertiary/aromatic N) is 14. The molecule has 0 saturated carbocycles. The number of azo groups is 2. The average molecular weight is 624 g/mol. The molecule has 0 amide bonds. The minimum absolute atomic E-state index is 0.0362. The lowest BCUT2D eigenvalue weighted by atomic mass is 9.91. The van der Waals surface area contributed by atoms with Crippen LogP contribution in [0.15, 0.2) is 25.3 Å². The van der Waals surface area contributed by atoms with Gasteiger partial charge in [0.25, 0.3) is 5.95 Å². The fourth-order valence-electron chi connectivity index (χ4n) is 3.76. The molecule has 0 saturated heterocycles. The molecule has 0 aliphatic rings. The van der Waals surface area contributed by atoms with E-state index >= 15 is 0 Å². The van der Waals surface area contributed by atoms with Crippen molar-refractivity contribution >= 4 is 56.3 Å². The number of aryl methyl sites for hydroxylation is 2. The zero-order valence-electron chi connectivity index (χ0n) is 24.6. The standard InChI is InChI=1S/C23H29N17OS2/c1-9-26-20(42-37-9)33-31-11-13(22(3,4)5)35-39(15(11)24)17-28-18(30-19(41)29-17)40-16(25)12(14(36-40)23(6,7)8)32-34-21-27-10(2)38-43-21/h24-25H2,1-8H3,(H,28,29,30,41). The number of anilines is 2. The molecule has 0 unspecified atom stereocenters. The topological polar surface area (TPSA) is 247 Å². The molecule has 0 atom stereocenters. The first-order chi connectivity index (χ1) is 20.1. The summed E-state index contributed by atoms with van der Waals surface area (Å²) >= 11 is 2.20. The Hall–Kier alpha value is -4.85. The highest BCUT2D eigenvalue weighted by Gasteiger charge is 2.30. The smallest absolute Gasteiger partial charge is 0.351 e. The molecule has 5 rings (SSSR count). The summed E-state index contributed by atoms with van der Waals surface area (Å²) in [6, 6.07) is 0. The van der Waals surface area contributed by atoms with Crippen LogP contribution in [0.1, 0.15) is 64.6 Å². The number of hydrogen-bond donors (Lipinski definition) is 3. The Morgan fingerprint density at radius 2 is 1.16 bits per heavy atom. The summed E-state index contributed by atoms with van der Waals surface area (Å²) in [4.78, 5) is 32.3. The lowest BCUT2D eigenvalue weighted by Gasteiger charge is -2.15. The van der Waals surface area contributed by atoms with Gasteiger partial charge in [-0.3, -0.25) is 4.98 Å². The summed E-state index contributed by atoms with van der Waals surface area (Å²) in [6.07, 6.45) is 0. The minimum Gasteiger partial charge on any atom is -0.382 e. The number of aromatic amines is 1. The van der Waals surface area contributed by atoms with Crippen molar-refractivity contribution < 1.29 is 0 Å². The predicted octanol–water partition coefficient (Wildman–Crippen LogP) is 4.45. The van der Waals surface area contributed by atoms with Crippen LogP contribution < -0.4 is 17.2 Å². The Kier molecular flexibility index (Phi) is 7.42. The van der Waals surface area contributed by atoms with Gasteiger partial charge in [-0.25, -0.2) is 14.8 Å². The summed E-state index contributed by atoms with van der Waals surface area (Å²) in [6.45, 7) is 15.2. The van der Waals surface area contributed by atoms with Crippen molar-refractivity contribution in [1.82, 2.24) is 53.2 Å². The molecule has 18 nitrogen and oxygen atoms in total. The van der Waals surface area contributed by atoms with E-state index in [9.17, 15) is 4.79 Å². The first kappa shape index (κ1) is 29.6. The average Bonchev–Trinajstić information content (AvgIpc) is 3.67. The zero-order valence-corrected chi connectivity index (χ0v) is 26.3. The van der Waals surface area contributed by atoms with Crippen LogP contribution in [0.2, 0.25) is 0 Å². The number of rotatable bonds is 6. The van der Waals surface area contributed by atoms with Crippen LogP contribution in [-0.4, -0.2) is 53.2 Å². The molecule has 20 heteroatoms. The van der Waals surface area contributed by atoms with Crippen molar-refractivity contribution in [3.63, 3.8) is 0 Å². The Labute approximate surface area is 252 Å². The van der Waals surface area contributed by atoms with Gasteiger partial charge in [0.1, 0.15) is 11.6 Å². The number of aromatic nitrogens is 11. The molecule has 5 aromatic heterocycles. The highest BCUT2D eigenvalue weighted by molar-refractivity contribution is 7.09. The molecule has 224 valence electrons. The van der Waals surface area contributed by atoms with Gasteiger partial charge >= 0.3 is 5.69 Å². The molecule has 5 aromatic rings. The number of nitrogens with one attached hydrogen (secondary N) is 1. The van der Waals surface area contributed by atoms with E-state index in [0.29, 0.717) is 39.0 Å². The van der Waals surface area contributed by atoms with Crippen LogP contribution in [0.4, 0.5) is 33.3 Å².